The minimum atomic E-state index is -3.66. The zero-order valence-corrected chi connectivity index (χ0v) is 13.9. The van der Waals surface area contributed by atoms with Gasteiger partial charge in [-0.25, -0.2) is 8.42 Å². The van der Waals surface area contributed by atoms with Gasteiger partial charge in [-0.15, -0.1) is 0 Å². The van der Waals surface area contributed by atoms with E-state index in [4.69, 9.17) is 0 Å². The van der Waals surface area contributed by atoms with E-state index in [1.807, 2.05) is 7.05 Å². The Morgan fingerprint density at radius 1 is 1.35 bits per heavy atom. The molecule has 1 aromatic rings. The lowest BCUT2D eigenvalue weighted by molar-refractivity contribution is -0.116. The number of rotatable bonds is 7. The number of aliphatic imine (C=N–C) groups is 1. The number of carbonyl (C=O) groups excluding carboxylic acids is 1. The quantitative estimate of drug-likeness (QED) is 0.648. The highest BCUT2D eigenvalue weighted by molar-refractivity contribution is 7.90. The van der Waals surface area contributed by atoms with Gasteiger partial charge in [-0.3, -0.25) is 14.5 Å². The summed E-state index contributed by atoms with van der Waals surface area (Å²) in [5.41, 5.74) is 0.468. The molecule has 8 heteroatoms. The molecule has 1 aromatic carbocycles. The van der Waals surface area contributed by atoms with Crippen LogP contribution >= 0.6 is 0 Å². The Labute approximate surface area is 136 Å². The minimum Gasteiger partial charge on any atom is -0.326 e. The van der Waals surface area contributed by atoms with E-state index in [-0.39, 0.29) is 10.8 Å². The highest BCUT2D eigenvalue weighted by Gasteiger charge is 2.18. The number of anilines is 1. The first kappa shape index (κ1) is 17.4. The summed E-state index contributed by atoms with van der Waals surface area (Å²) in [6.07, 6.45) is 2.61. The van der Waals surface area contributed by atoms with Crippen LogP contribution in [-0.4, -0.2) is 40.3 Å². The summed E-state index contributed by atoms with van der Waals surface area (Å²) in [4.78, 5) is 16.0. The van der Waals surface area contributed by atoms with Gasteiger partial charge in [0.2, 0.25) is 5.91 Å². The second kappa shape index (κ2) is 8.07. The molecule has 0 aromatic heterocycles. The van der Waals surface area contributed by atoms with Crippen molar-refractivity contribution in [2.45, 2.75) is 30.6 Å². The molecule has 0 radical (unpaired) electrons. The van der Waals surface area contributed by atoms with Crippen molar-refractivity contribution in [1.29, 1.82) is 0 Å². The Balaban J connectivity index is 2.02. The smallest absolute Gasteiger partial charge is 0.262 e. The summed E-state index contributed by atoms with van der Waals surface area (Å²) >= 11 is 0. The van der Waals surface area contributed by atoms with E-state index in [9.17, 15) is 13.2 Å². The van der Waals surface area contributed by atoms with E-state index < -0.39 is 10.0 Å². The number of amidine groups is 1. The molecule has 0 bridgehead atoms. The molecule has 1 amide bonds. The third-order valence-electron chi connectivity index (χ3n) is 3.39. The topological polar surface area (TPSA) is 99.7 Å². The van der Waals surface area contributed by atoms with Gasteiger partial charge in [0.05, 0.1) is 4.90 Å². The second-order valence-electron chi connectivity index (χ2n) is 5.32. The van der Waals surface area contributed by atoms with Crippen molar-refractivity contribution in [3.05, 3.63) is 24.3 Å². The van der Waals surface area contributed by atoms with Crippen LogP contribution in [-0.2, 0) is 14.8 Å². The maximum Gasteiger partial charge on any atom is 0.262 e. The zero-order valence-electron chi connectivity index (χ0n) is 13.1. The highest BCUT2D eigenvalue weighted by Crippen LogP contribution is 2.16. The number of benzene rings is 1. The van der Waals surface area contributed by atoms with Gasteiger partial charge in [0.1, 0.15) is 5.84 Å². The van der Waals surface area contributed by atoms with E-state index in [1.54, 1.807) is 12.1 Å². The van der Waals surface area contributed by atoms with Gasteiger partial charge >= 0.3 is 0 Å². The van der Waals surface area contributed by atoms with Gasteiger partial charge in [0.15, 0.2) is 0 Å². The normalized spacial score (nSPS) is 14.4. The summed E-state index contributed by atoms with van der Waals surface area (Å²) in [5.74, 6) is 0.356. The molecule has 2 rings (SSSR count). The first-order chi connectivity index (χ1) is 11.0. The van der Waals surface area contributed by atoms with Gasteiger partial charge in [-0.1, -0.05) is 6.07 Å². The van der Waals surface area contributed by atoms with E-state index in [1.165, 1.54) is 12.1 Å². The molecule has 1 heterocycles. The molecule has 126 valence electrons. The van der Waals surface area contributed by atoms with Crippen molar-refractivity contribution < 1.29 is 13.2 Å². The average Bonchev–Trinajstić information content (AvgIpc) is 3.00. The van der Waals surface area contributed by atoms with Crippen LogP contribution in [0.1, 0.15) is 25.7 Å². The molecule has 23 heavy (non-hydrogen) atoms. The number of carbonyl (C=O) groups is 1. The van der Waals surface area contributed by atoms with Crippen LogP contribution in [0.3, 0.4) is 0 Å². The van der Waals surface area contributed by atoms with Crippen molar-refractivity contribution in [3.63, 3.8) is 0 Å². The molecule has 0 spiro atoms. The van der Waals surface area contributed by atoms with Crippen LogP contribution in [0.2, 0.25) is 0 Å². The van der Waals surface area contributed by atoms with Gasteiger partial charge < -0.3 is 10.6 Å². The van der Waals surface area contributed by atoms with Crippen LogP contribution in [0.15, 0.2) is 34.2 Å². The SMILES string of the molecule is CNCCCC(=O)Nc1cccc(S(=O)(=O)NC2=NCCC2)c1. The number of amides is 1. The lowest BCUT2D eigenvalue weighted by Gasteiger charge is -2.10. The van der Waals surface area contributed by atoms with Crippen molar-refractivity contribution in [1.82, 2.24) is 10.0 Å². The summed E-state index contributed by atoms with van der Waals surface area (Å²) in [6.45, 7) is 1.41. The standard InChI is InChI=1S/C15H22N4O3S/c1-16-9-4-8-15(20)18-12-5-2-6-13(11-12)23(21,22)19-14-7-3-10-17-14/h2,5-6,11,16H,3-4,7-10H2,1H3,(H,17,19)(H,18,20). The minimum absolute atomic E-state index is 0.111. The fourth-order valence-electron chi connectivity index (χ4n) is 2.23. The first-order valence-corrected chi connectivity index (χ1v) is 9.10. The Kier molecular flexibility index (Phi) is 6.12. The molecule has 0 fully saturated rings. The third kappa shape index (κ3) is 5.33. The molecule has 7 nitrogen and oxygen atoms in total. The Morgan fingerprint density at radius 2 is 2.17 bits per heavy atom. The number of sulfonamides is 1. The predicted octanol–water partition coefficient (Wildman–Crippen LogP) is 1.10. The maximum atomic E-state index is 12.3. The van der Waals surface area contributed by atoms with E-state index in [0.717, 1.165) is 19.4 Å². The van der Waals surface area contributed by atoms with Crippen molar-refractivity contribution in [2.75, 3.05) is 25.5 Å². The molecule has 3 N–H and O–H groups in total. The molecular formula is C15H22N4O3S. The van der Waals surface area contributed by atoms with Crippen molar-refractivity contribution in [2.24, 2.45) is 4.99 Å². The summed E-state index contributed by atoms with van der Waals surface area (Å²) in [6, 6.07) is 6.22. The predicted molar refractivity (Wildman–Crippen MR) is 90.1 cm³/mol. The molecule has 0 atom stereocenters. The van der Waals surface area contributed by atoms with Crippen LogP contribution in [0.4, 0.5) is 5.69 Å². The average molecular weight is 338 g/mol. The highest BCUT2D eigenvalue weighted by atomic mass is 32.2. The van der Waals surface area contributed by atoms with Gasteiger partial charge in [-0.2, -0.15) is 0 Å². The number of hydrogen-bond donors (Lipinski definition) is 3. The molecule has 0 saturated heterocycles. The Bertz CT molecular complexity index is 686. The van der Waals surface area contributed by atoms with Gasteiger partial charge in [0.25, 0.3) is 10.0 Å². The van der Waals surface area contributed by atoms with E-state index >= 15 is 0 Å². The van der Waals surface area contributed by atoms with Gasteiger partial charge in [-0.05, 0) is 44.6 Å². The van der Waals surface area contributed by atoms with Gasteiger partial charge in [0, 0.05) is 25.1 Å². The fourth-order valence-corrected chi connectivity index (χ4v) is 3.36. The van der Waals surface area contributed by atoms with Crippen LogP contribution in [0.25, 0.3) is 0 Å². The number of hydrogen-bond acceptors (Lipinski definition) is 5. The first-order valence-electron chi connectivity index (χ1n) is 7.62. The molecule has 1 aliphatic rings. The Morgan fingerprint density at radius 3 is 2.87 bits per heavy atom. The molecule has 0 aliphatic carbocycles. The van der Waals surface area contributed by atoms with Crippen LogP contribution in [0.5, 0.6) is 0 Å². The van der Waals surface area contributed by atoms with Crippen LogP contribution < -0.4 is 15.4 Å². The Hall–Kier alpha value is -1.93. The molecule has 0 saturated carbocycles. The maximum absolute atomic E-state index is 12.3. The largest absolute Gasteiger partial charge is 0.326 e. The number of nitrogens with one attached hydrogen (secondary N) is 3. The molecular weight excluding hydrogens is 316 g/mol. The lowest BCUT2D eigenvalue weighted by Crippen LogP contribution is -2.29. The summed E-state index contributed by atoms with van der Waals surface area (Å²) in [7, 11) is -1.84. The van der Waals surface area contributed by atoms with Crippen molar-refractivity contribution >= 4 is 27.5 Å². The lowest BCUT2D eigenvalue weighted by atomic mass is 10.2. The van der Waals surface area contributed by atoms with E-state index in [0.29, 0.717) is 30.9 Å². The summed E-state index contributed by atoms with van der Waals surface area (Å²) in [5, 5.41) is 5.69. The summed E-state index contributed by atoms with van der Waals surface area (Å²) < 4.78 is 27.1. The van der Waals surface area contributed by atoms with Crippen LogP contribution in [0, 0.1) is 0 Å². The zero-order chi connectivity index (χ0) is 16.7. The second-order valence-corrected chi connectivity index (χ2v) is 7.00. The molecule has 0 unspecified atom stereocenters. The number of nitrogens with zero attached hydrogens (tertiary/aromatic N) is 1. The monoisotopic (exact) mass is 338 g/mol. The third-order valence-corrected chi connectivity index (χ3v) is 4.76. The fraction of sp³-hybridized carbons (Fsp3) is 0.467. The molecule has 1 aliphatic heterocycles. The van der Waals surface area contributed by atoms with E-state index in [2.05, 4.69) is 20.3 Å². The van der Waals surface area contributed by atoms with Crippen molar-refractivity contribution in [3.8, 4) is 0 Å².